The van der Waals surface area contributed by atoms with Gasteiger partial charge in [0.15, 0.2) is 0 Å². The number of para-hydroxylation sites is 1. The van der Waals surface area contributed by atoms with Crippen LogP contribution in [0.3, 0.4) is 0 Å². The standard InChI is InChI=1S/C33H35FN2O5.C3H9N/c1-21(2)31-30(33(41)35-25-11-7-4-8-12-25)29(22-9-5-3-6-10-22)32(23-13-15-24(34)16-14-23)36(31)18-17-26(37)19-27(38)20-28(39)40;1-3(2)4/h3-16,21,26-27,37-38H,17-20H2,1-2H3,(H,35,41)(H,39,40);3H,4H2,1-2H3/t26-,27-;/m1./s1. The molecule has 4 aromatic rings. The zero-order valence-corrected chi connectivity index (χ0v) is 26.3. The molecule has 0 saturated heterocycles. The van der Waals surface area contributed by atoms with Crippen LogP contribution in [-0.2, 0) is 11.3 Å². The molecule has 6 N–H and O–H groups in total. The maximum Gasteiger partial charge on any atom is 0.305 e. The van der Waals surface area contributed by atoms with Gasteiger partial charge in [-0.2, -0.15) is 0 Å². The number of carboxylic acid groups (broad SMARTS) is 1. The van der Waals surface area contributed by atoms with E-state index in [0.717, 1.165) is 11.3 Å². The topological polar surface area (TPSA) is 138 Å². The number of carboxylic acids is 1. The van der Waals surface area contributed by atoms with Gasteiger partial charge in [-0.05, 0) is 72.3 Å². The van der Waals surface area contributed by atoms with Crippen LogP contribution in [0.15, 0.2) is 84.9 Å². The van der Waals surface area contributed by atoms with Crippen molar-refractivity contribution in [1.82, 2.24) is 4.57 Å². The van der Waals surface area contributed by atoms with Crippen LogP contribution in [0.1, 0.15) is 68.9 Å². The minimum Gasteiger partial charge on any atom is -0.481 e. The van der Waals surface area contributed by atoms with E-state index in [1.165, 1.54) is 12.1 Å². The molecular weight excluding hydrogens is 573 g/mol. The first kappa shape index (κ1) is 35.2. The summed E-state index contributed by atoms with van der Waals surface area (Å²) in [6.45, 7) is 8.14. The fourth-order valence-electron chi connectivity index (χ4n) is 5.20. The molecule has 1 amide bonds. The van der Waals surface area contributed by atoms with Gasteiger partial charge in [-0.15, -0.1) is 0 Å². The highest BCUT2D eigenvalue weighted by Crippen LogP contribution is 2.42. The first-order valence-electron chi connectivity index (χ1n) is 15.2. The number of aliphatic carboxylic acids is 1. The summed E-state index contributed by atoms with van der Waals surface area (Å²) in [6.07, 6.45) is -2.51. The summed E-state index contributed by atoms with van der Waals surface area (Å²) in [5.41, 5.74) is 9.88. The smallest absolute Gasteiger partial charge is 0.305 e. The number of nitrogens with two attached hydrogens (primary N) is 1. The van der Waals surface area contributed by atoms with Crippen LogP contribution in [-0.4, -0.2) is 50.0 Å². The van der Waals surface area contributed by atoms with Crippen molar-refractivity contribution in [3.63, 3.8) is 0 Å². The molecule has 0 aliphatic rings. The fourth-order valence-corrected chi connectivity index (χ4v) is 5.20. The van der Waals surface area contributed by atoms with Crippen molar-refractivity contribution in [2.24, 2.45) is 5.73 Å². The molecule has 45 heavy (non-hydrogen) atoms. The van der Waals surface area contributed by atoms with Crippen LogP contribution in [0.2, 0.25) is 0 Å². The van der Waals surface area contributed by atoms with Gasteiger partial charge in [0, 0.05) is 23.5 Å². The minimum atomic E-state index is -1.18. The Kier molecular flexibility index (Phi) is 13.0. The molecule has 0 aliphatic heterocycles. The molecule has 240 valence electrons. The van der Waals surface area contributed by atoms with Gasteiger partial charge in [-0.25, -0.2) is 4.39 Å². The van der Waals surface area contributed by atoms with Crippen molar-refractivity contribution in [2.45, 2.75) is 77.7 Å². The van der Waals surface area contributed by atoms with Gasteiger partial charge in [-0.3, -0.25) is 9.59 Å². The van der Waals surface area contributed by atoms with Crippen LogP contribution < -0.4 is 11.1 Å². The number of carbonyl (C=O) groups excluding carboxylic acids is 1. The zero-order chi connectivity index (χ0) is 33.1. The molecule has 0 saturated carbocycles. The number of anilines is 1. The van der Waals surface area contributed by atoms with Crippen molar-refractivity contribution in [2.75, 3.05) is 5.32 Å². The monoisotopic (exact) mass is 617 g/mol. The van der Waals surface area contributed by atoms with Crippen molar-refractivity contribution in [1.29, 1.82) is 0 Å². The second-order valence-electron chi connectivity index (χ2n) is 11.7. The quantitative estimate of drug-likeness (QED) is 0.120. The second-order valence-corrected chi connectivity index (χ2v) is 11.7. The molecule has 0 unspecified atom stereocenters. The zero-order valence-electron chi connectivity index (χ0n) is 26.3. The lowest BCUT2D eigenvalue weighted by atomic mass is 9.94. The highest BCUT2D eigenvalue weighted by Gasteiger charge is 2.31. The van der Waals surface area contributed by atoms with Gasteiger partial charge >= 0.3 is 5.97 Å². The third-order valence-corrected chi connectivity index (χ3v) is 6.93. The second kappa shape index (κ2) is 16.7. The first-order valence-corrected chi connectivity index (χ1v) is 15.2. The Bertz CT molecular complexity index is 1520. The number of benzene rings is 3. The van der Waals surface area contributed by atoms with E-state index in [4.69, 9.17) is 10.8 Å². The molecule has 0 spiro atoms. The number of nitrogens with one attached hydrogen (secondary N) is 1. The molecule has 0 bridgehead atoms. The Hall–Kier alpha value is -4.31. The number of aliphatic hydroxyl groups excluding tert-OH is 2. The predicted molar refractivity (Wildman–Crippen MR) is 177 cm³/mol. The molecule has 0 radical (unpaired) electrons. The summed E-state index contributed by atoms with van der Waals surface area (Å²) in [7, 11) is 0. The van der Waals surface area contributed by atoms with Crippen molar-refractivity contribution >= 4 is 17.6 Å². The Labute approximate surface area is 264 Å². The molecule has 9 heteroatoms. The largest absolute Gasteiger partial charge is 0.481 e. The number of halogens is 1. The highest BCUT2D eigenvalue weighted by molar-refractivity contribution is 6.12. The summed E-state index contributed by atoms with van der Waals surface area (Å²) in [6, 6.07) is 25.1. The maximum atomic E-state index is 14.0. The van der Waals surface area contributed by atoms with E-state index in [0.29, 0.717) is 34.1 Å². The summed E-state index contributed by atoms with van der Waals surface area (Å²) < 4.78 is 16.0. The molecule has 0 aliphatic carbocycles. The van der Waals surface area contributed by atoms with Crippen molar-refractivity contribution in [3.05, 3.63) is 102 Å². The minimum absolute atomic E-state index is 0.0939. The van der Waals surface area contributed by atoms with Gasteiger partial charge in [0.1, 0.15) is 5.82 Å². The van der Waals surface area contributed by atoms with Gasteiger partial charge in [-0.1, -0.05) is 76.2 Å². The van der Waals surface area contributed by atoms with Gasteiger partial charge < -0.3 is 30.9 Å². The van der Waals surface area contributed by atoms with Crippen LogP contribution in [0, 0.1) is 5.82 Å². The predicted octanol–water partition coefficient (Wildman–Crippen LogP) is 6.67. The Morgan fingerprint density at radius 3 is 1.93 bits per heavy atom. The third kappa shape index (κ3) is 10.1. The number of aliphatic hydroxyl groups is 2. The van der Waals surface area contributed by atoms with Crippen LogP contribution in [0.4, 0.5) is 10.1 Å². The molecule has 4 rings (SSSR count). The van der Waals surface area contributed by atoms with Gasteiger partial charge in [0.05, 0.1) is 29.9 Å². The molecule has 3 aromatic carbocycles. The number of rotatable bonds is 12. The average molecular weight is 618 g/mol. The number of hydrogen-bond donors (Lipinski definition) is 5. The van der Waals surface area contributed by atoms with Crippen LogP contribution >= 0.6 is 0 Å². The van der Waals surface area contributed by atoms with Gasteiger partial charge in [0.25, 0.3) is 5.91 Å². The van der Waals surface area contributed by atoms with Crippen molar-refractivity contribution < 1.29 is 29.3 Å². The lowest BCUT2D eigenvalue weighted by Crippen LogP contribution is -2.22. The average Bonchev–Trinajstić information content (AvgIpc) is 3.32. The fraction of sp³-hybridized carbons (Fsp3) is 0.333. The molecular formula is C36H44FN3O5. The Morgan fingerprint density at radius 2 is 1.40 bits per heavy atom. The third-order valence-electron chi connectivity index (χ3n) is 6.93. The van der Waals surface area contributed by atoms with E-state index in [9.17, 15) is 24.2 Å². The van der Waals surface area contributed by atoms with Crippen molar-refractivity contribution in [3.8, 4) is 22.4 Å². The first-order chi connectivity index (χ1) is 21.4. The molecule has 2 atom stereocenters. The normalized spacial score (nSPS) is 12.4. The number of hydrogen-bond acceptors (Lipinski definition) is 5. The summed E-state index contributed by atoms with van der Waals surface area (Å²) in [4.78, 5) is 25.0. The Morgan fingerprint density at radius 1 is 0.844 bits per heavy atom. The maximum absolute atomic E-state index is 14.0. The van der Waals surface area contributed by atoms with Crippen LogP contribution in [0.5, 0.6) is 0 Å². The van der Waals surface area contributed by atoms with E-state index >= 15 is 0 Å². The van der Waals surface area contributed by atoms with E-state index < -0.39 is 24.6 Å². The number of carbonyl (C=O) groups is 2. The van der Waals surface area contributed by atoms with E-state index in [-0.39, 0.29) is 37.0 Å². The Balaban J connectivity index is 0.00000130. The van der Waals surface area contributed by atoms with Crippen LogP contribution in [0.25, 0.3) is 22.4 Å². The summed E-state index contributed by atoms with van der Waals surface area (Å²) in [5.74, 6) is -1.93. The highest BCUT2D eigenvalue weighted by atomic mass is 19.1. The SMILES string of the molecule is CC(C)N.CC(C)c1c(C(=O)Nc2ccccc2)c(-c2ccccc2)c(-c2ccc(F)cc2)n1CC[C@@H](O)C[C@@H](O)CC(=O)O. The molecule has 0 fully saturated rings. The number of aromatic nitrogens is 1. The lowest BCUT2D eigenvalue weighted by Gasteiger charge is -2.20. The molecule has 8 nitrogen and oxygen atoms in total. The molecule has 1 aromatic heterocycles. The number of nitrogens with zero attached hydrogens (tertiary/aromatic N) is 1. The number of amides is 1. The van der Waals surface area contributed by atoms with E-state index in [1.807, 2.05) is 92.9 Å². The van der Waals surface area contributed by atoms with E-state index in [1.54, 1.807) is 12.1 Å². The van der Waals surface area contributed by atoms with Gasteiger partial charge in [0.2, 0.25) is 0 Å². The lowest BCUT2D eigenvalue weighted by molar-refractivity contribution is -0.139. The summed E-state index contributed by atoms with van der Waals surface area (Å²) in [5, 5.41) is 32.8. The summed E-state index contributed by atoms with van der Waals surface area (Å²) >= 11 is 0. The van der Waals surface area contributed by atoms with E-state index in [2.05, 4.69) is 5.32 Å². The molecule has 1 heterocycles.